The van der Waals surface area contributed by atoms with Crippen LogP contribution in [-0.2, 0) is 11.4 Å². The van der Waals surface area contributed by atoms with Crippen LogP contribution in [0.1, 0.15) is 15.9 Å². The second-order valence-corrected chi connectivity index (χ2v) is 6.99. The van der Waals surface area contributed by atoms with Crippen LogP contribution in [0.15, 0.2) is 78.9 Å². The predicted octanol–water partition coefficient (Wildman–Crippen LogP) is 3.23. The largest absolute Gasteiger partial charge is 0.497 e. The highest BCUT2D eigenvalue weighted by molar-refractivity contribution is 5.96. The van der Waals surface area contributed by atoms with Gasteiger partial charge in [0.2, 0.25) is 5.91 Å². The van der Waals surface area contributed by atoms with E-state index in [4.69, 9.17) is 9.47 Å². The summed E-state index contributed by atoms with van der Waals surface area (Å²) < 4.78 is 10.8. The highest BCUT2D eigenvalue weighted by atomic mass is 16.5. The van der Waals surface area contributed by atoms with Crippen molar-refractivity contribution in [3.63, 3.8) is 0 Å². The Labute approximate surface area is 187 Å². The number of amides is 2. The third-order valence-corrected chi connectivity index (χ3v) is 4.64. The van der Waals surface area contributed by atoms with E-state index in [2.05, 4.69) is 16.0 Å². The Bertz CT molecular complexity index is 990. The molecule has 7 nitrogen and oxygen atoms in total. The van der Waals surface area contributed by atoms with Crippen molar-refractivity contribution in [3.8, 4) is 11.5 Å². The van der Waals surface area contributed by atoms with E-state index in [1.54, 1.807) is 31.4 Å². The number of carbonyl (C=O) groups is 2. The number of hydrogen-bond donors (Lipinski definition) is 3. The molecule has 3 aromatic rings. The second kappa shape index (κ2) is 12.0. The van der Waals surface area contributed by atoms with E-state index in [1.165, 1.54) is 0 Å². The summed E-state index contributed by atoms with van der Waals surface area (Å²) in [5.41, 5.74) is 2.47. The van der Waals surface area contributed by atoms with Crippen LogP contribution in [0.2, 0.25) is 0 Å². The van der Waals surface area contributed by atoms with Gasteiger partial charge in [0.25, 0.3) is 5.91 Å². The number of methoxy groups -OCH3 is 1. The minimum atomic E-state index is -0.314. The maximum absolute atomic E-state index is 12.3. The third-order valence-electron chi connectivity index (χ3n) is 4.64. The fraction of sp³-hybridized carbons (Fsp3) is 0.200. The van der Waals surface area contributed by atoms with Gasteiger partial charge in [0, 0.05) is 24.3 Å². The molecule has 0 aliphatic rings. The molecule has 3 N–H and O–H groups in total. The summed E-state index contributed by atoms with van der Waals surface area (Å²) in [6.07, 6.45) is 0. The minimum Gasteiger partial charge on any atom is -0.497 e. The van der Waals surface area contributed by atoms with E-state index in [0.29, 0.717) is 31.0 Å². The molecule has 0 fully saturated rings. The van der Waals surface area contributed by atoms with E-state index < -0.39 is 0 Å². The standard InChI is InChI=1S/C25H27N3O4/c1-31-22-13-9-21(10-14-22)26-15-16-27-24(29)17-28-25(30)20-7-11-23(12-8-20)32-18-19-5-3-2-4-6-19/h2-14,26H,15-18H2,1H3,(H,27,29)(H,28,30). The molecule has 0 bridgehead atoms. The number of carbonyl (C=O) groups excluding carboxylic acids is 2. The number of nitrogens with one attached hydrogen (secondary N) is 3. The molecular weight excluding hydrogens is 406 g/mol. The quantitative estimate of drug-likeness (QED) is 0.404. The molecule has 2 amide bonds. The summed E-state index contributed by atoms with van der Waals surface area (Å²) >= 11 is 0. The van der Waals surface area contributed by atoms with Gasteiger partial charge in [-0.25, -0.2) is 0 Å². The van der Waals surface area contributed by atoms with E-state index in [9.17, 15) is 9.59 Å². The average Bonchev–Trinajstić information content (AvgIpc) is 2.85. The SMILES string of the molecule is COc1ccc(NCCNC(=O)CNC(=O)c2ccc(OCc3ccccc3)cc2)cc1. The second-order valence-electron chi connectivity index (χ2n) is 6.99. The molecule has 166 valence electrons. The van der Waals surface area contributed by atoms with Gasteiger partial charge < -0.3 is 25.4 Å². The van der Waals surface area contributed by atoms with E-state index in [-0.39, 0.29) is 18.4 Å². The van der Waals surface area contributed by atoms with Crippen molar-refractivity contribution in [2.75, 3.05) is 32.1 Å². The molecule has 0 spiro atoms. The van der Waals surface area contributed by atoms with Crippen LogP contribution in [0.4, 0.5) is 5.69 Å². The number of benzene rings is 3. The molecule has 0 aromatic heterocycles. The normalized spacial score (nSPS) is 10.2. The Hall–Kier alpha value is -4.00. The van der Waals surface area contributed by atoms with Crippen molar-refractivity contribution in [3.05, 3.63) is 90.0 Å². The maximum Gasteiger partial charge on any atom is 0.251 e. The van der Waals surface area contributed by atoms with Crippen LogP contribution in [0.25, 0.3) is 0 Å². The first-order chi connectivity index (χ1) is 15.6. The molecule has 0 radical (unpaired) electrons. The van der Waals surface area contributed by atoms with Crippen LogP contribution in [0.3, 0.4) is 0 Å². The highest BCUT2D eigenvalue weighted by Gasteiger charge is 2.08. The van der Waals surface area contributed by atoms with Gasteiger partial charge in [0.05, 0.1) is 13.7 Å². The summed E-state index contributed by atoms with van der Waals surface area (Å²) in [4.78, 5) is 24.2. The summed E-state index contributed by atoms with van der Waals surface area (Å²) in [6, 6.07) is 24.2. The van der Waals surface area contributed by atoms with Gasteiger partial charge in [0.15, 0.2) is 0 Å². The Kier molecular flexibility index (Phi) is 8.50. The molecule has 0 aliphatic carbocycles. The highest BCUT2D eigenvalue weighted by Crippen LogP contribution is 2.15. The molecule has 7 heteroatoms. The van der Waals surface area contributed by atoms with Gasteiger partial charge in [-0.05, 0) is 54.1 Å². The molecule has 3 aromatic carbocycles. The van der Waals surface area contributed by atoms with Crippen molar-refractivity contribution >= 4 is 17.5 Å². The van der Waals surface area contributed by atoms with Crippen LogP contribution in [0.5, 0.6) is 11.5 Å². The van der Waals surface area contributed by atoms with Crippen molar-refractivity contribution in [2.45, 2.75) is 6.61 Å². The Morgan fingerprint density at radius 2 is 1.47 bits per heavy atom. The molecule has 0 saturated carbocycles. The number of anilines is 1. The predicted molar refractivity (Wildman–Crippen MR) is 124 cm³/mol. The lowest BCUT2D eigenvalue weighted by Crippen LogP contribution is -2.38. The number of hydrogen-bond acceptors (Lipinski definition) is 5. The Morgan fingerprint density at radius 3 is 2.16 bits per heavy atom. The van der Waals surface area contributed by atoms with E-state index in [1.807, 2.05) is 54.6 Å². The smallest absolute Gasteiger partial charge is 0.251 e. The minimum absolute atomic E-state index is 0.0897. The van der Waals surface area contributed by atoms with Crippen LogP contribution in [0, 0.1) is 0 Å². The fourth-order valence-corrected chi connectivity index (χ4v) is 2.89. The monoisotopic (exact) mass is 433 g/mol. The molecule has 0 aliphatic heterocycles. The number of ether oxygens (including phenoxy) is 2. The van der Waals surface area contributed by atoms with Crippen LogP contribution < -0.4 is 25.4 Å². The summed E-state index contributed by atoms with van der Waals surface area (Å²) in [5, 5.41) is 8.58. The molecule has 0 saturated heterocycles. The lowest BCUT2D eigenvalue weighted by molar-refractivity contribution is -0.120. The molecule has 3 rings (SSSR count). The first-order valence-electron chi connectivity index (χ1n) is 10.3. The van der Waals surface area contributed by atoms with Crippen LogP contribution >= 0.6 is 0 Å². The molecule has 0 heterocycles. The van der Waals surface area contributed by atoms with Gasteiger partial charge in [-0.1, -0.05) is 30.3 Å². The zero-order chi connectivity index (χ0) is 22.6. The van der Waals surface area contributed by atoms with Gasteiger partial charge in [-0.15, -0.1) is 0 Å². The number of rotatable bonds is 11. The lowest BCUT2D eigenvalue weighted by Gasteiger charge is -2.10. The van der Waals surface area contributed by atoms with Gasteiger partial charge >= 0.3 is 0 Å². The zero-order valence-electron chi connectivity index (χ0n) is 18.0. The first kappa shape index (κ1) is 22.7. The van der Waals surface area contributed by atoms with E-state index in [0.717, 1.165) is 17.0 Å². The first-order valence-corrected chi connectivity index (χ1v) is 10.3. The molecule has 0 unspecified atom stereocenters. The van der Waals surface area contributed by atoms with Crippen molar-refractivity contribution in [1.29, 1.82) is 0 Å². The van der Waals surface area contributed by atoms with Crippen LogP contribution in [-0.4, -0.2) is 38.6 Å². The molecule has 0 atom stereocenters. The van der Waals surface area contributed by atoms with Crippen molar-refractivity contribution in [1.82, 2.24) is 10.6 Å². The lowest BCUT2D eigenvalue weighted by atomic mass is 10.2. The summed E-state index contributed by atoms with van der Waals surface area (Å²) in [5.74, 6) is 0.894. The zero-order valence-corrected chi connectivity index (χ0v) is 18.0. The summed E-state index contributed by atoms with van der Waals surface area (Å²) in [7, 11) is 1.62. The fourth-order valence-electron chi connectivity index (χ4n) is 2.89. The van der Waals surface area contributed by atoms with E-state index >= 15 is 0 Å². The van der Waals surface area contributed by atoms with Gasteiger partial charge in [-0.2, -0.15) is 0 Å². The van der Waals surface area contributed by atoms with Crippen molar-refractivity contribution < 1.29 is 19.1 Å². The molecule has 32 heavy (non-hydrogen) atoms. The molecular formula is C25H27N3O4. The topological polar surface area (TPSA) is 88.7 Å². The van der Waals surface area contributed by atoms with Crippen molar-refractivity contribution in [2.24, 2.45) is 0 Å². The Morgan fingerprint density at radius 1 is 0.781 bits per heavy atom. The average molecular weight is 434 g/mol. The maximum atomic E-state index is 12.3. The van der Waals surface area contributed by atoms with Gasteiger partial charge in [0.1, 0.15) is 18.1 Å². The summed E-state index contributed by atoms with van der Waals surface area (Å²) in [6.45, 7) is 1.37. The third kappa shape index (κ3) is 7.36. The van der Waals surface area contributed by atoms with Gasteiger partial charge in [-0.3, -0.25) is 9.59 Å². The Balaban J connectivity index is 1.33.